The molecule has 0 spiro atoms. The van der Waals surface area contributed by atoms with E-state index in [4.69, 9.17) is 34.8 Å². The van der Waals surface area contributed by atoms with Crippen LogP contribution in [0.5, 0.6) is 0 Å². The van der Waals surface area contributed by atoms with Gasteiger partial charge in [-0.05, 0) is 18.8 Å². The number of rotatable bonds is 4. The van der Waals surface area contributed by atoms with Crippen LogP contribution >= 0.6 is 34.8 Å². The molecule has 10 heteroatoms. The quantitative estimate of drug-likeness (QED) is 0.278. The van der Waals surface area contributed by atoms with E-state index in [0.29, 0.717) is 6.42 Å². The minimum atomic E-state index is -1.72. The van der Waals surface area contributed by atoms with Crippen molar-refractivity contribution in [2.45, 2.75) is 43.8 Å². The first-order valence-corrected chi connectivity index (χ1v) is 7.83. The van der Waals surface area contributed by atoms with Gasteiger partial charge in [0.25, 0.3) is 5.91 Å². The molecule has 1 heterocycles. The third kappa shape index (κ3) is 7.28. The molecule has 2 unspecified atom stereocenters. The number of carbonyl (C=O) groups is 3. The summed E-state index contributed by atoms with van der Waals surface area (Å²) >= 11 is 14.6. The fourth-order valence-electron chi connectivity index (χ4n) is 2.30. The monoisotopic (exact) mass is 394 g/mol. The number of aldehydes is 1. The number of amides is 2. The Bertz CT molecular complexity index is 469. The van der Waals surface area contributed by atoms with E-state index in [1.54, 1.807) is 6.92 Å². The maximum absolute atomic E-state index is 11.9. The second kappa shape index (κ2) is 10.9. The van der Waals surface area contributed by atoms with Crippen molar-refractivity contribution in [3.05, 3.63) is 0 Å². The summed E-state index contributed by atoms with van der Waals surface area (Å²) in [5.74, 6) is -1.20. The normalized spacial score (nSPS) is 21.9. The standard InChI is InChI=1S/C11H18N2O3.C2HCl3O.Na/c1-4-6-7(3)11(5-2)8(14)12-10(16)13-9(11)15;3-2(4,5)1-6;/h7H,4-6H2,1-3H3,(H2,12,13,14,15,16);1H;/q;;+1/p-1. The van der Waals surface area contributed by atoms with Crippen LogP contribution in [0.1, 0.15) is 40.0 Å². The molecule has 23 heavy (non-hydrogen) atoms. The smallest absolute Gasteiger partial charge is 0.846 e. The molecule has 1 aliphatic rings. The number of hydrogen-bond acceptors (Lipinski definition) is 4. The molecule has 1 rings (SSSR count). The van der Waals surface area contributed by atoms with Crippen LogP contribution in [0.4, 0.5) is 0 Å². The van der Waals surface area contributed by atoms with E-state index in [0.717, 1.165) is 12.8 Å². The number of nitrogens with zero attached hydrogens (tertiary/aromatic N) is 1. The van der Waals surface area contributed by atoms with Crippen LogP contribution in [0.3, 0.4) is 0 Å². The molecule has 2 atom stereocenters. The number of hydrogen-bond donors (Lipinski definition) is 1. The molecule has 0 bridgehead atoms. The van der Waals surface area contributed by atoms with E-state index >= 15 is 0 Å². The van der Waals surface area contributed by atoms with E-state index in [1.807, 2.05) is 13.8 Å². The summed E-state index contributed by atoms with van der Waals surface area (Å²) in [5, 5.41) is 13.1. The topological polar surface area (TPSA) is 98.7 Å². The summed E-state index contributed by atoms with van der Waals surface area (Å²) < 4.78 is -1.72. The van der Waals surface area contributed by atoms with Crippen molar-refractivity contribution >= 4 is 58.9 Å². The molecule has 126 valence electrons. The van der Waals surface area contributed by atoms with Gasteiger partial charge >= 0.3 is 29.6 Å². The Hall–Kier alpha value is 0.150. The van der Waals surface area contributed by atoms with E-state index < -0.39 is 27.0 Å². The van der Waals surface area contributed by atoms with Crippen molar-refractivity contribution in [3.8, 4) is 0 Å². The maximum Gasteiger partial charge on any atom is 1.00 e. The van der Waals surface area contributed by atoms with Crippen LogP contribution in [0.25, 0.3) is 0 Å². The van der Waals surface area contributed by atoms with Crippen molar-refractivity contribution in [3.63, 3.8) is 0 Å². The van der Waals surface area contributed by atoms with Gasteiger partial charge in [0.2, 0.25) is 9.70 Å². The van der Waals surface area contributed by atoms with Gasteiger partial charge < -0.3 is 10.4 Å². The van der Waals surface area contributed by atoms with Crippen molar-refractivity contribution in [1.29, 1.82) is 0 Å². The Morgan fingerprint density at radius 3 is 2.13 bits per heavy atom. The first-order chi connectivity index (χ1) is 10.0. The number of aliphatic imine (C=N–C) groups is 1. The maximum atomic E-state index is 11.9. The molecule has 0 aromatic heterocycles. The summed E-state index contributed by atoms with van der Waals surface area (Å²) in [4.78, 5) is 36.5. The molecule has 1 N–H and O–H groups in total. The van der Waals surface area contributed by atoms with Crippen LogP contribution in [-0.2, 0) is 14.4 Å². The van der Waals surface area contributed by atoms with Crippen molar-refractivity contribution in [2.24, 2.45) is 16.3 Å². The largest absolute Gasteiger partial charge is 1.00 e. The van der Waals surface area contributed by atoms with Gasteiger partial charge in [-0.25, -0.2) is 4.99 Å². The second-order valence-corrected chi connectivity index (χ2v) is 7.22. The molecule has 0 saturated carbocycles. The van der Waals surface area contributed by atoms with Crippen molar-refractivity contribution in [1.82, 2.24) is 5.32 Å². The Morgan fingerprint density at radius 2 is 1.83 bits per heavy atom. The second-order valence-electron chi connectivity index (χ2n) is 4.85. The van der Waals surface area contributed by atoms with Gasteiger partial charge in [0.15, 0.2) is 6.29 Å². The number of amidine groups is 1. The Kier molecular flexibility index (Phi) is 12.0. The predicted octanol–water partition coefficient (Wildman–Crippen LogP) is -1.25. The zero-order valence-corrected chi connectivity index (χ0v) is 17.8. The Labute approximate surface area is 172 Å². The van der Waals surface area contributed by atoms with Gasteiger partial charge in [-0.1, -0.05) is 62.0 Å². The first-order valence-electron chi connectivity index (χ1n) is 6.69. The van der Waals surface area contributed by atoms with Gasteiger partial charge in [-0.2, -0.15) is 0 Å². The van der Waals surface area contributed by atoms with E-state index in [9.17, 15) is 19.5 Å². The predicted molar refractivity (Wildman–Crippen MR) is 83.7 cm³/mol. The molecule has 2 amide bonds. The Morgan fingerprint density at radius 1 is 1.35 bits per heavy atom. The van der Waals surface area contributed by atoms with Gasteiger partial charge in [-0.3, -0.25) is 14.4 Å². The average Bonchev–Trinajstić information content (AvgIpc) is 2.39. The molecule has 0 aromatic carbocycles. The van der Waals surface area contributed by atoms with Crippen LogP contribution < -0.4 is 40.0 Å². The Balaban J connectivity index is 0. The minimum absolute atomic E-state index is 0. The molecule has 0 aromatic rings. The molecular weight excluding hydrogens is 378 g/mol. The van der Waals surface area contributed by atoms with Crippen LogP contribution in [0.2, 0.25) is 0 Å². The van der Waals surface area contributed by atoms with E-state index in [1.165, 1.54) is 0 Å². The van der Waals surface area contributed by atoms with Gasteiger partial charge in [-0.15, -0.1) is 0 Å². The zero-order chi connectivity index (χ0) is 17.6. The fraction of sp³-hybridized carbons (Fsp3) is 0.692. The number of alkyl halides is 3. The van der Waals surface area contributed by atoms with E-state index in [-0.39, 0.29) is 41.8 Å². The third-order valence-electron chi connectivity index (χ3n) is 3.46. The number of carbonyl (C=O) groups excluding carboxylic acids is 3. The van der Waals surface area contributed by atoms with Crippen LogP contribution in [0.15, 0.2) is 4.99 Å². The first kappa shape index (κ1) is 25.4. The third-order valence-corrected chi connectivity index (χ3v) is 3.73. The molecule has 1 aliphatic heterocycles. The average molecular weight is 396 g/mol. The molecular formula is C13H18Cl3N2NaO4. The zero-order valence-electron chi connectivity index (χ0n) is 13.5. The molecule has 0 saturated heterocycles. The van der Waals surface area contributed by atoms with Gasteiger partial charge in [0.05, 0.1) is 6.02 Å². The van der Waals surface area contributed by atoms with Gasteiger partial charge in [0.1, 0.15) is 5.41 Å². The molecule has 0 radical (unpaired) electrons. The molecule has 6 nitrogen and oxygen atoms in total. The minimum Gasteiger partial charge on any atom is -0.846 e. The summed E-state index contributed by atoms with van der Waals surface area (Å²) in [6.45, 7) is 5.62. The number of nitrogens with one attached hydrogen (secondary N) is 1. The summed E-state index contributed by atoms with van der Waals surface area (Å²) in [7, 11) is 0. The van der Waals surface area contributed by atoms with Gasteiger partial charge in [0, 0.05) is 0 Å². The van der Waals surface area contributed by atoms with Crippen LogP contribution in [-0.4, -0.2) is 27.9 Å². The summed E-state index contributed by atoms with van der Waals surface area (Å²) in [6, 6.07) is -0.845. The fourth-order valence-corrected chi connectivity index (χ4v) is 2.30. The molecule has 0 fully saturated rings. The van der Waals surface area contributed by atoms with Crippen molar-refractivity contribution < 1.29 is 49.0 Å². The molecule has 0 aliphatic carbocycles. The number of halogens is 3. The SMILES string of the molecule is CCCC(C)C1(CC)C(=O)N=C([O-])NC1=O.O=CC(Cl)(Cl)Cl.[Na+]. The van der Waals surface area contributed by atoms with E-state index in [2.05, 4.69) is 10.3 Å². The summed E-state index contributed by atoms with van der Waals surface area (Å²) in [6.07, 6.45) is 2.25. The van der Waals surface area contributed by atoms with Crippen molar-refractivity contribution in [2.75, 3.05) is 0 Å². The van der Waals surface area contributed by atoms with Crippen LogP contribution in [0, 0.1) is 11.3 Å². The summed E-state index contributed by atoms with van der Waals surface area (Å²) in [5.41, 5.74) is -1.15.